The monoisotopic (exact) mass is 455 g/mol. The maximum absolute atomic E-state index is 15.0. The second-order valence-electron chi connectivity index (χ2n) is 7.88. The maximum Gasteiger partial charge on any atom is 0.305 e. The van der Waals surface area contributed by atoms with Gasteiger partial charge in [-0.3, -0.25) is 4.79 Å². The van der Waals surface area contributed by atoms with Crippen molar-refractivity contribution in [2.75, 3.05) is 26.3 Å². The van der Waals surface area contributed by atoms with E-state index in [-0.39, 0.29) is 17.1 Å². The minimum Gasteiger partial charge on any atom is -0.440 e. The number of nitriles is 2. The molecule has 2 heterocycles. The number of hydrogen-bond donors (Lipinski definition) is 0. The molecule has 0 atom stereocenters. The Hall–Kier alpha value is -4.40. The fourth-order valence-electron chi connectivity index (χ4n) is 4.06. The second-order valence-corrected chi connectivity index (χ2v) is 7.88. The molecule has 0 bridgehead atoms. The highest BCUT2D eigenvalue weighted by molar-refractivity contribution is 5.95. The smallest absolute Gasteiger partial charge is 0.305 e. The van der Waals surface area contributed by atoms with E-state index in [4.69, 9.17) is 24.7 Å². The van der Waals surface area contributed by atoms with Crippen molar-refractivity contribution in [1.29, 1.82) is 10.5 Å². The maximum atomic E-state index is 15.0. The van der Waals surface area contributed by atoms with Gasteiger partial charge in [-0.1, -0.05) is 0 Å². The van der Waals surface area contributed by atoms with Crippen LogP contribution in [0.25, 0.3) is 0 Å². The van der Waals surface area contributed by atoms with Gasteiger partial charge in [0, 0.05) is 30.3 Å². The Morgan fingerprint density at radius 1 is 0.853 bits per heavy atom. The molecule has 2 aliphatic heterocycles. The number of rotatable bonds is 3. The number of halogens is 1. The number of carbonyl (C=O) groups excluding carboxylic acids is 1. The number of nitrogens with zero attached hydrogens (tertiary/aromatic N) is 3. The van der Waals surface area contributed by atoms with Crippen LogP contribution in [0.15, 0.2) is 60.7 Å². The zero-order chi connectivity index (χ0) is 23.7. The summed E-state index contributed by atoms with van der Waals surface area (Å²) in [7, 11) is 0. The zero-order valence-corrected chi connectivity index (χ0v) is 18.0. The number of amides is 1. The highest BCUT2D eigenvalue weighted by Gasteiger charge is 2.46. The van der Waals surface area contributed by atoms with Crippen LogP contribution in [-0.4, -0.2) is 37.1 Å². The van der Waals surface area contributed by atoms with Gasteiger partial charge in [0.1, 0.15) is 5.82 Å². The van der Waals surface area contributed by atoms with Gasteiger partial charge in [-0.2, -0.15) is 10.5 Å². The number of fused-ring (bicyclic) bond motifs is 1. The van der Waals surface area contributed by atoms with Gasteiger partial charge in [-0.05, 0) is 54.6 Å². The molecule has 0 radical (unpaired) electrons. The Bertz CT molecular complexity index is 1280. The summed E-state index contributed by atoms with van der Waals surface area (Å²) in [6.45, 7) is 1.57. The number of hydrogen-bond acceptors (Lipinski definition) is 6. The third kappa shape index (κ3) is 3.61. The van der Waals surface area contributed by atoms with Gasteiger partial charge < -0.3 is 19.1 Å². The van der Waals surface area contributed by atoms with E-state index in [1.807, 2.05) is 0 Å². The molecule has 168 valence electrons. The molecule has 0 saturated carbocycles. The highest BCUT2D eigenvalue weighted by atomic mass is 19.1. The summed E-state index contributed by atoms with van der Waals surface area (Å²) in [6, 6.07) is 19.9. The predicted molar refractivity (Wildman–Crippen MR) is 117 cm³/mol. The van der Waals surface area contributed by atoms with E-state index >= 15 is 4.39 Å². The fraction of sp³-hybridized carbons (Fsp3) is 0.192. The molecule has 0 aromatic heterocycles. The highest BCUT2D eigenvalue weighted by Crippen LogP contribution is 2.48. The molecule has 0 spiro atoms. The SMILES string of the molecule is N#Cc1ccc(C2(c3ccc(C#N)cc3)Oc3cc(F)c(C(=O)N4CCOCC4)cc3O2)cc1. The molecule has 1 fully saturated rings. The van der Waals surface area contributed by atoms with E-state index in [1.54, 1.807) is 53.4 Å². The van der Waals surface area contributed by atoms with E-state index in [0.29, 0.717) is 48.6 Å². The van der Waals surface area contributed by atoms with Crippen molar-refractivity contribution < 1.29 is 23.4 Å². The van der Waals surface area contributed by atoms with Gasteiger partial charge in [0.15, 0.2) is 11.5 Å². The first-order valence-electron chi connectivity index (χ1n) is 10.6. The number of carbonyl (C=O) groups is 1. The molecule has 8 heteroatoms. The van der Waals surface area contributed by atoms with E-state index in [1.165, 1.54) is 6.07 Å². The number of benzene rings is 3. The summed E-state index contributed by atoms with van der Waals surface area (Å²) in [4.78, 5) is 14.5. The molecular weight excluding hydrogens is 437 g/mol. The second kappa shape index (κ2) is 8.51. The Kier molecular flexibility index (Phi) is 5.37. The summed E-state index contributed by atoms with van der Waals surface area (Å²) in [5.41, 5.74) is 1.93. The predicted octanol–water partition coefficient (Wildman–Crippen LogP) is 3.71. The molecule has 0 unspecified atom stereocenters. The van der Waals surface area contributed by atoms with E-state index in [2.05, 4.69) is 12.1 Å². The van der Waals surface area contributed by atoms with Crippen molar-refractivity contribution in [2.45, 2.75) is 5.79 Å². The largest absolute Gasteiger partial charge is 0.440 e. The molecule has 5 rings (SSSR count). The third-order valence-corrected chi connectivity index (χ3v) is 5.86. The first-order chi connectivity index (χ1) is 16.5. The quantitative estimate of drug-likeness (QED) is 0.598. The lowest BCUT2D eigenvalue weighted by Gasteiger charge is -2.28. The van der Waals surface area contributed by atoms with Gasteiger partial charge in [0.2, 0.25) is 0 Å². The first kappa shape index (κ1) is 21.4. The normalized spacial score (nSPS) is 15.9. The summed E-state index contributed by atoms with van der Waals surface area (Å²) in [5.74, 6) is -2.29. The molecule has 34 heavy (non-hydrogen) atoms. The lowest BCUT2D eigenvalue weighted by molar-refractivity contribution is -0.0459. The van der Waals surface area contributed by atoms with Crippen LogP contribution in [0.4, 0.5) is 4.39 Å². The van der Waals surface area contributed by atoms with E-state index in [0.717, 1.165) is 6.07 Å². The van der Waals surface area contributed by atoms with Crippen LogP contribution in [0.2, 0.25) is 0 Å². The standard InChI is InChI=1S/C26H18FN3O4/c27-22-14-24-23(13-21(22)25(31)30-9-11-32-12-10-30)33-26(34-24,19-5-1-17(15-28)2-6-19)20-7-3-18(16-29)4-8-20/h1-8,13-14H,9-12H2. The van der Waals surface area contributed by atoms with Gasteiger partial charge in [-0.15, -0.1) is 0 Å². The molecule has 3 aromatic rings. The molecule has 0 N–H and O–H groups in total. The van der Waals surface area contributed by atoms with Crippen LogP contribution in [-0.2, 0) is 10.5 Å². The minimum atomic E-state index is -1.49. The average Bonchev–Trinajstić information content (AvgIpc) is 3.27. The van der Waals surface area contributed by atoms with Crippen molar-refractivity contribution >= 4 is 5.91 Å². The Morgan fingerprint density at radius 2 is 1.35 bits per heavy atom. The summed E-state index contributed by atoms with van der Waals surface area (Å²) in [6.07, 6.45) is 0. The van der Waals surface area contributed by atoms with E-state index < -0.39 is 17.5 Å². The van der Waals surface area contributed by atoms with Crippen LogP contribution in [0.1, 0.15) is 32.6 Å². The molecule has 0 aliphatic carbocycles. The lowest BCUT2D eigenvalue weighted by Crippen LogP contribution is -2.41. The number of ether oxygens (including phenoxy) is 3. The van der Waals surface area contributed by atoms with Crippen LogP contribution in [0.5, 0.6) is 11.5 Å². The third-order valence-electron chi connectivity index (χ3n) is 5.86. The van der Waals surface area contributed by atoms with Gasteiger partial charge >= 0.3 is 5.79 Å². The van der Waals surface area contributed by atoms with Gasteiger partial charge in [0.25, 0.3) is 5.91 Å². The van der Waals surface area contributed by atoms with Gasteiger partial charge in [0.05, 0.1) is 42.0 Å². The van der Waals surface area contributed by atoms with Crippen molar-refractivity contribution in [3.8, 4) is 23.6 Å². The van der Waals surface area contributed by atoms with Crippen LogP contribution >= 0.6 is 0 Å². The molecule has 7 nitrogen and oxygen atoms in total. The van der Waals surface area contributed by atoms with Crippen LogP contribution in [0.3, 0.4) is 0 Å². The van der Waals surface area contributed by atoms with Crippen LogP contribution < -0.4 is 9.47 Å². The number of morpholine rings is 1. The lowest BCUT2D eigenvalue weighted by atomic mass is 9.95. The van der Waals surface area contributed by atoms with Crippen molar-refractivity contribution in [3.05, 3.63) is 94.3 Å². The molecular formula is C26H18FN3O4. The topological polar surface area (TPSA) is 95.6 Å². The van der Waals surface area contributed by atoms with Crippen molar-refractivity contribution in [2.24, 2.45) is 0 Å². The zero-order valence-electron chi connectivity index (χ0n) is 18.0. The Morgan fingerprint density at radius 3 is 1.85 bits per heavy atom. The molecule has 3 aromatic carbocycles. The van der Waals surface area contributed by atoms with Gasteiger partial charge in [-0.25, -0.2) is 4.39 Å². The first-order valence-corrected chi connectivity index (χ1v) is 10.6. The minimum absolute atomic E-state index is 0.111. The Balaban J connectivity index is 1.57. The molecule has 1 saturated heterocycles. The Labute approximate surface area is 195 Å². The summed E-state index contributed by atoms with van der Waals surface area (Å²) < 4.78 is 32.8. The van der Waals surface area contributed by atoms with Crippen LogP contribution in [0, 0.1) is 28.5 Å². The van der Waals surface area contributed by atoms with Crippen molar-refractivity contribution in [1.82, 2.24) is 4.90 Å². The average molecular weight is 455 g/mol. The fourth-order valence-corrected chi connectivity index (χ4v) is 4.06. The molecule has 1 amide bonds. The summed E-state index contributed by atoms with van der Waals surface area (Å²) in [5, 5.41) is 18.3. The molecule has 2 aliphatic rings. The van der Waals surface area contributed by atoms with E-state index in [9.17, 15) is 4.79 Å². The summed E-state index contributed by atoms with van der Waals surface area (Å²) >= 11 is 0. The van der Waals surface area contributed by atoms with Crippen molar-refractivity contribution in [3.63, 3.8) is 0 Å².